The highest BCUT2D eigenvalue weighted by Crippen LogP contribution is 2.22. The lowest BCUT2D eigenvalue weighted by Gasteiger charge is -2.26. The lowest BCUT2D eigenvalue weighted by Crippen LogP contribution is -2.29. The Kier molecular flexibility index (Phi) is 6.58. The number of benzene rings is 2. The van der Waals surface area contributed by atoms with Crippen molar-refractivity contribution in [1.82, 2.24) is 19.9 Å². The summed E-state index contributed by atoms with van der Waals surface area (Å²) in [5, 5.41) is 9.00. The Hall–Kier alpha value is -2.24. The molecule has 6 heteroatoms. The van der Waals surface area contributed by atoms with Crippen molar-refractivity contribution in [1.29, 1.82) is 0 Å². The summed E-state index contributed by atoms with van der Waals surface area (Å²) in [6.07, 6.45) is 5.51. The van der Waals surface area contributed by atoms with Crippen molar-refractivity contribution in [3.05, 3.63) is 66.0 Å². The number of aryl methyl sites for hydroxylation is 1. The molecule has 2 aromatic carbocycles. The largest absolute Gasteiger partial charge is 0.299 e. The number of aromatic nitrogens is 3. The third kappa shape index (κ3) is 4.93. The van der Waals surface area contributed by atoms with Crippen molar-refractivity contribution in [2.45, 2.75) is 25.8 Å². The van der Waals surface area contributed by atoms with Crippen LogP contribution in [0, 0.1) is 5.82 Å². The molecule has 2 heterocycles. The summed E-state index contributed by atoms with van der Waals surface area (Å²) in [6, 6.07) is 14.8. The molecule has 0 amide bonds. The van der Waals surface area contributed by atoms with E-state index < -0.39 is 0 Å². The zero-order valence-electron chi connectivity index (χ0n) is 15.2. The molecule has 0 unspecified atom stereocenters. The van der Waals surface area contributed by atoms with Crippen LogP contribution in [0.15, 0.2) is 54.6 Å². The van der Waals surface area contributed by atoms with Crippen LogP contribution in [0.5, 0.6) is 0 Å². The first-order valence-corrected chi connectivity index (χ1v) is 9.25. The van der Waals surface area contributed by atoms with Crippen LogP contribution in [0.1, 0.15) is 24.8 Å². The molecule has 3 aromatic rings. The van der Waals surface area contributed by atoms with Crippen LogP contribution in [-0.2, 0) is 6.54 Å². The third-order valence-electron chi connectivity index (χ3n) is 4.92. The predicted octanol–water partition coefficient (Wildman–Crippen LogP) is 4.56. The summed E-state index contributed by atoms with van der Waals surface area (Å²) < 4.78 is 13.0. The van der Waals surface area contributed by atoms with Crippen LogP contribution >= 0.6 is 12.4 Å². The van der Waals surface area contributed by atoms with Crippen LogP contribution in [0.4, 0.5) is 4.39 Å². The molecule has 27 heavy (non-hydrogen) atoms. The maximum Gasteiger partial charge on any atom is 0.123 e. The summed E-state index contributed by atoms with van der Waals surface area (Å²) in [6.45, 7) is 3.98. The number of nitrogens with zero attached hydrogens (tertiary/aromatic N) is 4. The molecule has 0 N–H and O–H groups in total. The monoisotopic (exact) mass is 386 g/mol. The number of hydrogen-bond donors (Lipinski definition) is 0. The van der Waals surface area contributed by atoms with Crippen molar-refractivity contribution >= 4 is 29.0 Å². The van der Waals surface area contributed by atoms with Crippen LogP contribution in [0.25, 0.3) is 16.6 Å². The van der Waals surface area contributed by atoms with Gasteiger partial charge in [0.25, 0.3) is 0 Å². The fraction of sp³-hybridized carbons (Fsp3) is 0.333. The van der Waals surface area contributed by atoms with Crippen LogP contribution in [0.2, 0.25) is 0 Å². The Balaban J connectivity index is 0.00000210. The van der Waals surface area contributed by atoms with E-state index in [-0.39, 0.29) is 18.2 Å². The highest BCUT2D eigenvalue weighted by atomic mass is 35.5. The van der Waals surface area contributed by atoms with Crippen molar-refractivity contribution in [3.8, 4) is 0 Å². The van der Waals surface area contributed by atoms with Crippen molar-refractivity contribution < 1.29 is 4.39 Å². The lowest BCUT2D eigenvalue weighted by atomic mass is 9.99. The van der Waals surface area contributed by atoms with Crippen molar-refractivity contribution in [2.75, 3.05) is 19.6 Å². The minimum atomic E-state index is -0.175. The Bertz CT molecular complexity index is 871. The summed E-state index contributed by atoms with van der Waals surface area (Å²) in [7, 11) is 0. The van der Waals surface area contributed by atoms with Gasteiger partial charge in [-0.05, 0) is 61.2 Å². The number of fused-ring (bicyclic) bond motifs is 1. The molecule has 0 fully saturated rings. The summed E-state index contributed by atoms with van der Waals surface area (Å²) in [4.78, 5) is 4.29. The minimum absolute atomic E-state index is 0. The van der Waals surface area contributed by atoms with Crippen molar-refractivity contribution in [3.63, 3.8) is 0 Å². The molecule has 0 spiro atoms. The highest BCUT2D eigenvalue weighted by Gasteiger charge is 2.12. The second kappa shape index (κ2) is 9.11. The van der Waals surface area contributed by atoms with Gasteiger partial charge < -0.3 is 0 Å². The molecule has 0 atom stereocenters. The molecule has 0 saturated heterocycles. The average molecular weight is 387 g/mol. The standard InChI is InChI=1S/C21H23FN4.ClH/c22-19-9-7-17(8-10-19)18-11-15-25(16-12-18)13-3-4-14-26-23-20-5-1-2-6-21(20)24-26;/h1-2,5-11H,3-4,12-16H2;1H. The first-order valence-electron chi connectivity index (χ1n) is 9.25. The van der Waals surface area contributed by atoms with E-state index in [4.69, 9.17) is 0 Å². The van der Waals surface area contributed by atoms with Gasteiger partial charge in [-0.15, -0.1) is 12.4 Å². The van der Waals surface area contributed by atoms with E-state index in [1.807, 2.05) is 41.2 Å². The van der Waals surface area contributed by atoms with Gasteiger partial charge in [-0.2, -0.15) is 15.0 Å². The van der Waals surface area contributed by atoms with E-state index in [0.717, 1.165) is 62.0 Å². The van der Waals surface area contributed by atoms with Gasteiger partial charge in [0, 0.05) is 13.1 Å². The topological polar surface area (TPSA) is 34.0 Å². The molecule has 0 saturated carbocycles. The van der Waals surface area contributed by atoms with E-state index in [0.29, 0.717) is 0 Å². The smallest absolute Gasteiger partial charge is 0.123 e. The molecular formula is C21H24ClFN4. The molecular weight excluding hydrogens is 363 g/mol. The van der Waals surface area contributed by atoms with E-state index in [1.54, 1.807) is 0 Å². The van der Waals surface area contributed by atoms with E-state index in [9.17, 15) is 4.39 Å². The van der Waals surface area contributed by atoms with Crippen LogP contribution < -0.4 is 0 Å². The molecule has 142 valence electrons. The van der Waals surface area contributed by atoms with Gasteiger partial charge in [0.2, 0.25) is 0 Å². The minimum Gasteiger partial charge on any atom is -0.299 e. The van der Waals surface area contributed by atoms with Gasteiger partial charge in [0.15, 0.2) is 0 Å². The van der Waals surface area contributed by atoms with Crippen LogP contribution in [-0.4, -0.2) is 39.5 Å². The molecule has 1 aliphatic rings. The van der Waals surface area contributed by atoms with E-state index in [1.165, 1.54) is 17.7 Å². The molecule has 0 radical (unpaired) electrons. The maximum absolute atomic E-state index is 13.0. The third-order valence-corrected chi connectivity index (χ3v) is 4.92. The number of rotatable bonds is 6. The zero-order valence-corrected chi connectivity index (χ0v) is 16.0. The molecule has 4 rings (SSSR count). The summed E-state index contributed by atoms with van der Waals surface area (Å²) >= 11 is 0. The Labute approximate surface area is 165 Å². The first-order chi connectivity index (χ1) is 12.8. The molecule has 0 bridgehead atoms. The van der Waals surface area contributed by atoms with Gasteiger partial charge in [-0.25, -0.2) is 4.39 Å². The molecule has 1 aliphatic heterocycles. The van der Waals surface area contributed by atoms with E-state index in [2.05, 4.69) is 21.2 Å². The van der Waals surface area contributed by atoms with Gasteiger partial charge in [-0.1, -0.05) is 30.3 Å². The van der Waals surface area contributed by atoms with E-state index >= 15 is 0 Å². The van der Waals surface area contributed by atoms with Gasteiger partial charge in [0.05, 0.1) is 6.54 Å². The Morgan fingerprint density at radius 3 is 2.19 bits per heavy atom. The average Bonchev–Trinajstić information content (AvgIpc) is 3.09. The molecule has 1 aromatic heterocycles. The SMILES string of the molecule is Cl.Fc1ccc(C2=CCN(CCCCn3nc4ccccc4n3)CC2)cc1. The number of halogens is 2. The predicted molar refractivity (Wildman–Crippen MR) is 109 cm³/mol. The quantitative estimate of drug-likeness (QED) is 0.582. The Morgan fingerprint density at radius 1 is 0.889 bits per heavy atom. The Morgan fingerprint density at radius 2 is 1.56 bits per heavy atom. The lowest BCUT2D eigenvalue weighted by molar-refractivity contribution is 0.290. The summed E-state index contributed by atoms with van der Waals surface area (Å²) in [5.74, 6) is -0.175. The number of unbranched alkanes of at least 4 members (excludes halogenated alkanes) is 1. The van der Waals surface area contributed by atoms with Crippen molar-refractivity contribution in [2.24, 2.45) is 0 Å². The summed E-state index contributed by atoms with van der Waals surface area (Å²) in [5.41, 5.74) is 4.39. The normalized spacial score (nSPS) is 14.8. The van der Waals surface area contributed by atoms with Crippen LogP contribution in [0.3, 0.4) is 0 Å². The van der Waals surface area contributed by atoms with Gasteiger partial charge in [0.1, 0.15) is 16.9 Å². The van der Waals surface area contributed by atoms with Gasteiger partial charge in [-0.3, -0.25) is 4.90 Å². The molecule has 0 aliphatic carbocycles. The number of hydrogen-bond acceptors (Lipinski definition) is 3. The maximum atomic E-state index is 13.0. The second-order valence-corrected chi connectivity index (χ2v) is 6.78. The zero-order chi connectivity index (χ0) is 17.8. The molecule has 4 nitrogen and oxygen atoms in total. The fourth-order valence-electron chi connectivity index (χ4n) is 3.43. The second-order valence-electron chi connectivity index (χ2n) is 6.78. The fourth-order valence-corrected chi connectivity index (χ4v) is 3.43. The van der Waals surface area contributed by atoms with Gasteiger partial charge >= 0.3 is 0 Å². The highest BCUT2D eigenvalue weighted by molar-refractivity contribution is 5.85. The first kappa shape index (κ1) is 19.5.